The molecule has 0 N–H and O–H groups in total. The maximum absolute atomic E-state index is 9.62. The molecule has 0 spiro atoms. The third-order valence-electron chi connectivity index (χ3n) is 3.61. The minimum Gasteiger partial charge on any atom is -0.493 e. The van der Waals surface area contributed by atoms with Crippen molar-refractivity contribution in [2.45, 2.75) is 45.0 Å². The molecule has 0 aliphatic heterocycles. The Morgan fingerprint density at radius 2 is 1.95 bits per heavy atom. The monoisotopic (exact) mass is 319 g/mol. The Morgan fingerprint density at radius 3 is 2.45 bits per heavy atom. The molecule has 1 saturated carbocycles. The fourth-order valence-corrected chi connectivity index (χ4v) is 3.73. The van der Waals surface area contributed by atoms with Crippen LogP contribution in [-0.2, 0) is 10.0 Å². The molecule has 4 nitrogen and oxygen atoms in total. The maximum atomic E-state index is 9.62. The summed E-state index contributed by atoms with van der Waals surface area (Å²) in [4.78, 5) is 0. The van der Waals surface area contributed by atoms with Crippen molar-refractivity contribution in [3.8, 4) is 17.6 Å². The summed E-state index contributed by atoms with van der Waals surface area (Å²) in [6, 6.07) is 7.92. The van der Waals surface area contributed by atoms with Gasteiger partial charge in [0.15, 0.2) is 25.4 Å². The first-order valence-electron chi connectivity index (χ1n) is 7.70. The van der Waals surface area contributed by atoms with Gasteiger partial charge >= 0.3 is 0 Å². The van der Waals surface area contributed by atoms with Crippen LogP contribution in [0.5, 0.6) is 11.5 Å². The third-order valence-corrected chi connectivity index (χ3v) is 4.63. The number of methoxy groups -OCH3 is 1. The summed E-state index contributed by atoms with van der Waals surface area (Å²) in [5.74, 6) is 2.04. The number of ether oxygens (including phenoxy) is 2. The van der Waals surface area contributed by atoms with E-state index in [1.54, 1.807) is 7.11 Å². The molecule has 1 aliphatic carbocycles. The number of hydrogen-bond donors (Lipinski definition) is 0. The summed E-state index contributed by atoms with van der Waals surface area (Å²) >= 11 is 0. The quantitative estimate of drug-likeness (QED) is 0.711. The van der Waals surface area contributed by atoms with Crippen molar-refractivity contribution in [1.82, 2.24) is 0 Å². The molecule has 1 aliphatic rings. The van der Waals surface area contributed by atoms with Gasteiger partial charge in [0, 0.05) is 5.56 Å². The lowest BCUT2D eigenvalue weighted by atomic mass is 9.97. The van der Waals surface area contributed by atoms with Crippen LogP contribution in [0.3, 0.4) is 0 Å². The first-order valence-corrected chi connectivity index (χ1v) is 11.1. The summed E-state index contributed by atoms with van der Waals surface area (Å²) in [6.07, 6.45) is 2.47. The zero-order valence-electron chi connectivity index (χ0n) is 14.1. The van der Waals surface area contributed by atoms with Crippen molar-refractivity contribution >= 4 is 8.32 Å². The molecular formula is C17H25NO3Si. The van der Waals surface area contributed by atoms with E-state index in [-0.39, 0.29) is 0 Å². The van der Waals surface area contributed by atoms with Crippen LogP contribution in [0.25, 0.3) is 0 Å². The lowest BCUT2D eigenvalue weighted by Crippen LogP contribution is -2.37. The molecule has 1 atom stereocenters. The van der Waals surface area contributed by atoms with Crippen molar-refractivity contribution < 1.29 is 13.9 Å². The molecule has 0 saturated heterocycles. The van der Waals surface area contributed by atoms with Crippen molar-refractivity contribution in [2.24, 2.45) is 5.92 Å². The Bertz CT molecular complexity index is 572. The Kier molecular flexibility index (Phi) is 4.83. The molecule has 0 heterocycles. The van der Waals surface area contributed by atoms with E-state index in [4.69, 9.17) is 13.9 Å². The van der Waals surface area contributed by atoms with Crippen LogP contribution in [0.4, 0.5) is 0 Å². The standard InChI is InChI=1S/C17H25NO3Si/c1-17(12-18,21-22(3,4)5)14-8-9-15(19-2)16(10-14)20-11-13-6-7-13/h8-10,13H,6-7,11H2,1-5H3. The lowest BCUT2D eigenvalue weighted by Gasteiger charge is -2.31. The van der Waals surface area contributed by atoms with Crippen LogP contribution in [0.2, 0.25) is 19.6 Å². The molecule has 1 fully saturated rings. The van der Waals surface area contributed by atoms with Gasteiger partial charge in [-0.25, -0.2) is 0 Å². The number of rotatable bonds is 7. The highest BCUT2D eigenvalue weighted by atomic mass is 28.4. The van der Waals surface area contributed by atoms with E-state index in [0.717, 1.165) is 5.56 Å². The van der Waals surface area contributed by atoms with Crippen molar-refractivity contribution in [2.75, 3.05) is 13.7 Å². The van der Waals surface area contributed by atoms with Crippen molar-refractivity contribution in [1.29, 1.82) is 5.26 Å². The van der Waals surface area contributed by atoms with E-state index in [0.29, 0.717) is 24.0 Å². The fourth-order valence-electron chi connectivity index (χ4n) is 2.34. The van der Waals surface area contributed by atoms with Crippen LogP contribution in [0.15, 0.2) is 18.2 Å². The third kappa shape index (κ3) is 4.25. The number of hydrogen-bond acceptors (Lipinski definition) is 4. The summed E-state index contributed by atoms with van der Waals surface area (Å²) in [5.41, 5.74) is -0.155. The topological polar surface area (TPSA) is 51.5 Å². The molecule has 5 heteroatoms. The zero-order chi connectivity index (χ0) is 16.4. The van der Waals surface area contributed by atoms with Gasteiger partial charge in [0.1, 0.15) is 6.07 Å². The molecule has 0 bridgehead atoms. The molecule has 1 aromatic rings. The normalized spacial score (nSPS) is 17.5. The second kappa shape index (κ2) is 6.31. The Morgan fingerprint density at radius 1 is 1.27 bits per heavy atom. The second-order valence-electron chi connectivity index (χ2n) is 6.98. The minimum atomic E-state index is -1.86. The van der Waals surface area contributed by atoms with E-state index < -0.39 is 13.9 Å². The summed E-state index contributed by atoms with van der Waals surface area (Å²) in [5, 5.41) is 9.62. The largest absolute Gasteiger partial charge is 0.493 e. The fraction of sp³-hybridized carbons (Fsp3) is 0.588. The average molecular weight is 319 g/mol. The molecule has 22 heavy (non-hydrogen) atoms. The van der Waals surface area contributed by atoms with Gasteiger partial charge in [0.05, 0.1) is 13.7 Å². The highest BCUT2D eigenvalue weighted by molar-refractivity contribution is 6.69. The van der Waals surface area contributed by atoms with Gasteiger partial charge in [-0.15, -0.1) is 0 Å². The Balaban J connectivity index is 2.28. The van der Waals surface area contributed by atoms with Gasteiger partial charge < -0.3 is 13.9 Å². The molecule has 2 rings (SSSR count). The Labute approximate surface area is 134 Å². The van der Waals surface area contributed by atoms with Gasteiger partial charge in [0.2, 0.25) is 0 Å². The molecule has 1 unspecified atom stereocenters. The smallest absolute Gasteiger partial charge is 0.186 e. The maximum Gasteiger partial charge on any atom is 0.186 e. The van der Waals surface area contributed by atoms with Gasteiger partial charge in [-0.1, -0.05) is 6.07 Å². The molecule has 0 radical (unpaired) electrons. The molecule has 1 aromatic carbocycles. The van der Waals surface area contributed by atoms with Crippen LogP contribution in [0, 0.1) is 17.2 Å². The molecule has 0 amide bonds. The first kappa shape index (κ1) is 16.9. The van der Waals surface area contributed by atoms with E-state index in [1.165, 1.54) is 12.8 Å². The van der Waals surface area contributed by atoms with E-state index in [1.807, 2.05) is 25.1 Å². The predicted molar refractivity (Wildman–Crippen MR) is 88.6 cm³/mol. The highest BCUT2D eigenvalue weighted by Gasteiger charge is 2.34. The SMILES string of the molecule is COc1ccc(C(C)(C#N)O[Si](C)(C)C)cc1OCC1CC1. The van der Waals surface area contributed by atoms with Gasteiger partial charge in [-0.2, -0.15) is 5.26 Å². The summed E-state index contributed by atoms with van der Waals surface area (Å²) < 4.78 is 17.4. The predicted octanol–water partition coefficient (Wildman–Crippen LogP) is 4.07. The second-order valence-corrected chi connectivity index (χ2v) is 11.4. The average Bonchev–Trinajstić information content (AvgIpc) is 3.27. The van der Waals surface area contributed by atoms with Crippen LogP contribution < -0.4 is 9.47 Å². The number of benzene rings is 1. The molecule has 0 aromatic heterocycles. The van der Waals surface area contributed by atoms with Crippen LogP contribution in [0.1, 0.15) is 25.3 Å². The van der Waals surface area contributed by atoms with E-state index >= 15 is 0 Å². The lowest BCUT2D eigenvalue weighted by molar-refractivity contribution is 0.140. The Hall–Kier alpha value is -1.51. The van der Waals surface area contributed by atoms with Crippen LogP contribution in [-0.4, -0.2) is 22.0 Å². The first-order chi connectivity index (χ1) is 10.3. The summed E-state index contributed by atoms with van der Waals surface area (Å²) in [7, 11) is -0.231. The van der Waals surface area contributed by atoms with Gasteiger partial charge in [0.25, 0.3) is 0 Å². The number of nitrogens with zero attached hydrogens (tertiary/aromatic N) is 1. The van der Waals surface area contributed by atoms with Gasteiger partial charge in [-0.05, 0) is 57.5 Å². The number of nitriles is 1. The zero-order valence-corrected chi connectivity index (χ0v) is 15.1. The summed E-state index contributed by atoms with van der Waals surface area (Å²) in [6.45, 7) is 8.76. The van der Waals surface area contributed by atoms with Crippen LogP contribution >= 0.6 is 0 Å². The molecular weight excluding hydrogens is 294 g/mol. The van der Waals surface area contributed by atoms with Crippen molar-refractivity contribution in [3.63, 3.8) is 0 Å². The van der Waals surface area contributed by atoms with E-state index in [9.17, 15) is 5.26 Å². The minimum absolute atomic E-state index is 0.661. The highest BCUT2D eigenvalue weighted by Crippen LogP contribution is 2.37. The molecule has 120 valence electrons. The van der Waals surface area contributed by atoms with Gasteiger partial charge in [-0.3, -0.25) is 0 Å². The van der Waals surface area contributed by atoms with E-state index in [2.05, 4.69) is 25.7 Å². The van der Waals surface area contributed by atoms with Crippen molar-refractivity contribution in [3.05, 3.63) is 23.8 Å².